The van der Waals surface area contributed by atoms with E-state index in [1.165, 1.54) is 13.2 Å². The Labute approximate surface area is 157 Å². The first-order valence-electron chi connectivity index (χ1n) is 9.30. The van der Waals surface area contributed by atoms with Gasteiger partial charge in [0, 0.05) is 6.42 Å². The summed E-state index contributed by atoms with van der Waals surface area (Å²) in [4.78, 5) is 11.0. The second-order valence-electron chi connectivity index (χ2n) is 6.13. The van der Waals surface area contributed by atoms with Gasteiger partial charge in [-0.25, -0.2) is 0 Å². The van der Waals surface area contributed by atoms with Crippen molar-refractivity contribution in [2.24, 2.45) is 0 Å². The predicted molar refractivity (Wildman–Crippen MR) is 105 cm³/mol. The summed E-state index contributed by atoms with van der Waals surface area (Å²) in [7, 11) is 1.32. The number of esters is 1. The van der Waals surface area contributed by atoms with Crippen LogP contribution in [0.25, 0.3) is 0 Å². The number of allylic oxidation sites excluding steroid dienone is 6. The van der Waals surface area contributed by atoms with Gasteiger partial charge in [-0.1, -0.05) is 74.8 Å². The van der Waals surface area contributed by atoms with E-state index < -0.39 is 18.3 Å². The summed E-state index contributed by atoms with van der Waals surface area (Å²) < 4.78 is 4.52. The summed E-state index contributed by atoms with van der Waals surface area (Å²) in [5.41, 5.74) is 0. The van der Waals surface area contributed by atoms with Gasteiger partial charge in [0.05, 0.1) is 25.4 Å². The van der Waals surface area contributed by atoms with E-state index in [4.69, 9.17) is 0 Å². The smallest absolute Gasteiger partial charge is 0.305 e. The molecule has 5 nitrogen and oxygen atoms in total. The molecule has 0 amide bonds. The van der Waals surface area contributed by atoms with E-state index in [-0.39, 0.29) is 12.4 Å². The Morgan fingerprint density at radius 1 is 0.885 bits per heavy atom. The maximum Gasteiger partial charge on any atom is 0.305 e. The van der Waals surface area contributed by atoms with E-state index in [9.17, 15) is 20.1 Å². The third kappa shape index (κ3) is 14.6. The van der Waals surface area contributed by atoms with Crippen molar-refractivity contribution >= 4 is 5.97 Å². The predicted octanol–water partition coefficient (Wildman–Crippen LogP) is 3.22. The molecule has 0 aliphatic carbocycles. The molecule has 3 N–H and O–H groups in total. The van der Waals surface area contributed by atoms with E-state index in [1.54, 1.807) is 24.3 Å². The molecule has 0 fully saturated rings. The average Bonchev–Trinajstić information content (AvgIpc) is 2.63. The van der Waals surface area contributed by atoms with Crippen molar-refractivity contribution < 1.29 is 24.9 Å². The van der Waals surface area contributed by atoms with Crippen LogP contribution < -0.4 is 0 Å². The number of ether oxygens (including phenoxy) is 1. The Hall–Kier alpha value is -1.69. The van der Waals surface area contributed by atoms with Crippen LogP contribution in [0, 0.1) is 0 Å². The quantitative estimate of drug-likeness (QED) is 0.250. The van der Waals surface area contributed by atoms with E-state index >= 15 is 0 Å². The molecule has 0 aromatic rings. The highest BCUT2D eigenvalue weighted by Gasteiger charge is 2.13. The molecular formula is C21H34O5. The first-order chi connectivity index (χ1) is 12.5. The Kier molecular flexibility index (Phi) is 15.7. The molecule has 0 saturated carbocycles. The third-order valence-electron chi connectivity index (χ3n) is 3.80. The molecule has 0 bridgehead atoms. The number of carbonyl (C=O) groups is 1. The first-order valence-corrected chi connectivity index (χ1v) is 9.30. The summed E-state index contributed by atoms with van der Waals surface area (Å²) in [6, 6.07) is 0. The molecule has 0 aliphatic rings. The maximum atomic E-state index is 11.0. The molecule has 26 heavy (non-hydrogen) atoms. The minimum Gasteiger partial charge on any atom is -0.469 e. The van der Waals surface area contributed by atoms with Crippen LogP contribution in [0.1, 0.15) is 51.9 Å². The highest BCUT2D eigenvalue weighted by molar-refractivity contribution is 5.68. The van der Waals surface area contributed by atoms with Gasteiger partial charge in [-0.2, -0.15) is 0 Å². The highest BCUT2D eigenvalue weighted by atomic mass is 16.5. The van der Waals surface area contributed by atoms with Crippen molar-refractivity contribution in [1.82, 2.24) is 0 Å². The highest BCUT2D eigenvalue weighted by Crippen LogP contribution is 2.07. The molecule has 0 radical (unpaired) electrons. The second kappa shape index (κ2) is 16.8. The van der Waals surface area contributed by atoms with Crippen LogP contribution in [0.3, 0.4) is 0 Å². The Morgan fingerprint density at radius 3 is 2.12 bits per heavy atom. The van der Waals surface area contributed by atoms with Crippen molar-refractivity contribution in [3.05, 3.63) is 48.6 Å². The zero-order valence-corrected chi connectivity index (χ0v) is 16.0. The van der Waals surface area contributed by atoms with Gasteiger partial charge in [0.25, 0.3) is 0 Å². The summed E-state index contributed by atoms with van der Waals surface area (Å²) in [5.74, 6) is -0.320. The number of aliphatic hydroxyl groups excluding tert-OH is 3. The van der Waals surface area contributed by atoms with Gasteiger partial charge < -0.3 is 20.1 Å². The van der Waals surface area contributed by atoms with Gasteiger partial charge in [-0.15, -0.1) is 0 Å². The van der Waals surface area contributed by atoms with Crippen LogP contribution >= 0.6 is 0 Å². The monoisotopic (exact) mass is 366 g/mol. The Balaban J connectivity index is 3.98. The minimum absolute atomic E-state index is 0.232. The lowest BCUT2D eigenvalue weighted by Gasteiger charge is -2.13. The van der Waals surface area contributed by atoms with E-state index in [1.807, 2.05) is 18.2 Å². The topological polar surface area (TPSA) is 87.0 Å². The zero-order chi connectivity index (χ0) is 19.6. The number of hydrogen-bond acceptors (Lipinski definition) is 5. The van der Waals surface area contributed by atoms with Crippen molar-refractivity contribution in [3.8, 4) is 0 Å². The molecule has 148 valence electrons. The third-order valence-corrected chi connectivity index (χ3v) is 3.80. The number of unbranched alkanes of at least 4 members (excludes halogenated alkanes) is 2. The van der Waals surface area contributed by atoms with Crippen LogP contribution in [0.4, 0.5) is 0 Å². The molecule has 0 heterocycles. The Bertz CT molecular complexity index is 465. The molecule has 0 aromatic heterocycles. The summed E-state index contributed by atoms with van der Waals surface area (Å²) in [6.45, 7) is 2.14. The molecule has 3 atom stereocenters. The maximum absolute atomic E-state index is 11.0. The fraction of sp³-hybridized carbons (Fsp3) is 0.571. The fourth-order valence-electron chi connectivity index (χ4n) is 2.18. The molecule has 0 aromatic carbocycles. The summed E-state index contributed by atoms with van der Waals surface area (Å²) in [5, 5.41) is 29.3. The number of methoxy groups -OCH3 is 1. The van der Waals surface area contributed by atoms with Gasteiger partial charge in [0.1, 0.15) is 0 Å². The van der Waals surface area contributed by atoms with Gasteiger partial charge in [-0.3, -0.25) is 4.79 Å². The van der Waals surface area contributed by atoms with Crippen molar-refractivity contribution in [1.29, 1.82) is 0 Å². The van der Waals surface area contributed by atoms with E-state index in [2.05, 4.69) is 11.7 Å². The van der Waals surface area contributed by atoms with Gasteiger partial charge in [0.15, 0.2) is 0 Å². The zero-order valence-electron chi connectivity index (χ0n) is 16.0. The molecule has 5 heteroatoms. The number of rotatable bonds is 14. The van der Waals surface area contributed by atoms with Gasteiger partial charge >= 0.3 is 5.97 Å². The minimum atomic E-state index is -0.973. The molecule has 0 saturated heterocycles. The molecule has 0 rings (SSSR count). The van der Waals surface area contributed by atoms with Crippen LogP contribution in [-0.4, -0.2) is 46.7 Å². The summed E-state index contributed by atoms with van der Waals surface area (Å²) in [6.07, 6.45) is 16.8. The second-order valence-corrected chi connectivity index (χ2v) is 6.13. The van der Waals surface area contributed by atoms with Crippen molar-refractivity contribution in [2.45, 2.75) is 70.2 Å². The van der Waals surface area contributed by atoms with Crippen LogP contribution in [0.5, 0.6) is 0 Å². The number of aliphatic hydroxyl groups is 3. The normalized spacial score (nSPS) is 16.0. The lowest BCUT2D eigenvalue weighted by molar-refractivity contribution is -0.140. The van der Waals surface area contributed by atoms with Crippen LogP contribution in [0.15, 0.2) is 48.6 Å². The summed E-state index contributed by atoms with van der Waals surface area (Å²) >= 11 is 0. The van der Waals surface area contributed by atoms with Gasteiger partial charge in [-0.05, 0) is 19.3 Å². The molecule has 0 unspecified atom stereocenters. The van der Waals surface area contributed by atoms with Crippen LogP contribution in [0.2, 0.25) is 0 Å². The molecule has 0 aliphatic heterocycles. The molecular weight excluding hydrogens is 332 g/mol. The lowest BCUT2D eigenvalue weighted by Crippen LogP contribution is -2.23. The van der Waals surface area contributed by atoms with Gasteiger partial charge in [0.2, 0.25) is 0 Å². The van der Waals surface area contributed by atoms with E-state index in [0.29, 0.717) is 12.8 Å². The lowest BCUT2D eigenvalue weighted by atomic mass is 10.1. The standard InChI is InChI=1S/C21H34O5/c1-3-4-9-13-18(22)14-10-7-5-6-8-11-15-19(23)20(24)16-12-17-21(25)26-2/h5-8,10-11,14-15,18-20,22-24H,3-4,9,12-13,16-17H2,1-2H3/b7-5-,8-6+,14-10+,15-11-/t18-,19+,20-/m0/s1. The first kappa shape index (κ1) is 24.3. The molecule has 0 spiro atoms. The average molecular weight is 366 g/mol. The van der Waals surface area contributed by atoms with Crippen molar-refractivity contribution in [2.75, 3.05) is 7.11 Å². The van der Waals surface area contributed by atoms with Crippen LogP contribution in [-0.2, 0) is 9.53 Å². The number of hydrogen-bond donors (Lipinski definition) is 3. The Morgan fingerprint density at radius 2 is 1.50 bits per heavy atom. The largest absolute Gasteiger partial charge is 0.469 e. The number of carbonyl (C=O) groups excluding carboxylic acids is 1. The van der Waals surface area contributed by atoms with E-state index in [0.717, 1.165) is 25.7 Å². The fourth-order valence-corrected chi connectivity index (χ4v) is 2.18. The SMILES string of the molecule is CCCCC[C@H](O)/C=C/C=C\C=C\C=C/[C@@H](O)[C@@H](O)CCCC(=O)OC. The van der Waals surface area contributed by atoms with Crippen molar-refractivity contribution in [3.63, 3.8) is 0 Å².